The number of aromatic nitrogens is 1. The van der Waals surface area contributed by atoms with Crippen molar-refractivity contribution >= 4 is 23.1 Å². The molecule has 0 saturated heterocycles. The number of rotatable bonds is 0. The second-order valence-corrected chi connectivity index (χ2v) is 5.66. The molecule has 0 bridgehead atoms. The maximum atomic E-state index is 12.3. The van der Waals surface area contributed by atoms with Gasteiger partial charge in [0.1, 0.15) is 5.82 Å². The number of nitrogens with one attached hydrogen (secondary N) is 1. The Morgan fingerprint density at radius 1 is 1.35 bits per heavy atom. The Balaban J connectivity index is 1.91. The van der Waals surface area contributed by atoms with Crippen molar-refractivity contribution < 1.29 is 4.79 Å². The SMILES string of the molecule is O=C1Nc2ncccc2[C@@]12Cc1ccsc1C2. The zero-order valence-electron chi connectivity index (χ0n) is 9.06. The van der Waals surface area contributed by atoms with Gasteiger partial charge in [0.05, 0.1) is 5.41 Å². The molecule has 4 heteroatoms. The number of fused-ring (bicyclic) bond motifs is 3. The summed E-state index contributed by atoms with van der Waals surface area (Å²) in [5, 5.41) is 5.02. The normalized spacial score (nSPS) is 24.8. The molecule has 1 atom stereocenters. The number of amides is 1. The molecule has 17 heavy (non-hydrogen) atoms. The first-order valence-electron chi connectivity index (χ1n) is 5.62. The molecule has 4 rings (SSSR count). The minimum absolute atomic E-state index is 0.106. The molecule has 3 nitrogen and oxygen atoms in total. The second kappa shape index (κ2) is 2.96. The zero-order chi connectivity index (χ0) is 11.5. The van der Waals surface area contributed by atoms with Gasteiger partial charge in [-0.05, 0) is 29.5 Å². The summed E-state index contributed by atoms with van der Waals surface area (Å²) >= 11 is 1.75. The van der Waals surface area contributed by atoms with E-state index in [4.69, 9.17) is 0 Å². The fourth-order valence-corrected chi connectivity index (χ4v) is 3.95. The van der Waals surface area contributed by atoms with Gasteiger partial charge >= 0.3 is 0 Å². The lowest BCUT2D eigenvalue weighted by atomic mass is 9.80. The van der Waals surface area contributed by atoms with Gasteiger partial charge in [-0.25, -0.2) is 4.98 Å². The van der Waals surface area contributed by atoms with Crippen LogP contribution in [0, 0.1) is 0 Å². The first-order valence-corrected chi connectivity index (χ1v) is 6.50. The number of nitrogens with zero attached hydrogens (tertiary/aromatic N) is 1. The summed E-state index contributed by atoms with van der Waals surface area (Å²) < 4.78 is 0. The summed E-state index contributed by atoms with van der Waals surface area (Å²) in [6.45, 7) is 0. The number of carbonyl (C=O) groups excluding carboxylic acids is 1. The van der Waals surface area contributed by atoms with E-state index in [1.807, 2.05) is 12.1 Å². The van der Waals surface area contributed by atoms with Crippen LogP contribution in [0.5, 0.6) is 0 Å². The van der Waals surface area contributed by atoms with Crippen LogP contribution < -0.4 is 5.32 Å². The molecule has 1 amide bonds. The minimum Gasteiger partial charge on any atom is -0.310 e. The molecule has 0 radical (unpaired) electrons. The van der Waals surface area contributed by atoms with E-state index in [0.29, 0.717) is 0 Å². The Hall–Kier alpha value is -1.68. The Morgan fingerprint density at radius 3 is 3.18 bits per heavy atom. The Kier molecular flexibility index (Phi) is 1.63. The van der Waals surface area contributed by atoms with Crippen LogP contribution in [0.3, 0.4) is 0 Å². The smallest absolute Gasteiger partial charge is 0.237 e. The van der Waals surface area contributed by atoms with Crippen LogP contribution in [0.15, 0.2) is 29.8 Å². The van der Waals surface area contributed by atoms with Gasteiger partial charge in [0, 0.05) is 23.1 Å². The van der Waals surface area contributed by atoms with Crippen LogP contribution in [0.4, 0.5) is 5.82 Å². The average molecular weight is 242 g/mol. The molecule has 1 N–H and O–H groups in total. The Bertz CT molecular complexity index is 611. The highest BCUT2D eigenvalue weighted by Gasteiger charge is 2.51. The van der Waals surface area contributed by atoms with Gasteiger partial charge in [0.25, 0.3) is 0 Å². The average Bonchev–Trinajstić information content (AvgIpc) is 2.94. The van der Waals surface area contributed by atoms with Crippen molar-refractivity contribution in [3.05, 3.63) is 45.8 Å². The van der Waals surface area contributed by atoms with Crippen LogP contribution in [0.2, 0.25) is 0 Å². The van der Waals surface area contributed by atoms with Gasteiger partial charge in [0.15, 0.2) is 0 Å². The van der Waals surface area contributed by atoms with Crippen molar-refractivity contribution in [2.24, 2.45) is 0 Å². The molecule has 3 heterocycles. The standard InChI is InChI=1S/C13H10N2OS/c16-12-13(6-8-3-5-17-10(8)7-13)9-2-1-4-14-11(9)15-12/h1-5H,6-7H2,(H,14,15,16)/t13-/m0/s1. The van der Waals surface area contributed by atoms with Gasteiger partial charge < -0.3 is 5.32 Å². The van der Waals surface area contributed by atoms with E-state index >= 15 is 0 Å². The molecule has 1 aliphatic heterocycles. The first kappa shape index (κ1) is 9.36. The van der Waals surface area contributed by atoms with Crippen LogP contribution in [0.25, 0.3) is 0 Å². The minimum atomic E-state index is -0.383. The Labute approximate surface area is 103 Å². The first-order chi connectivity index (χ1) is 8.29. The number of hydrogen-bond donors (Lipinski definition) is 1. The summed E-state index contributed by atoms with van der Waals surface area (Å²) in [4.78, 5) is 17.9. The van der Waals surface area contributed by atoms with E-state index in [0.717, 1.165) is 24.2 Å². The quantitative estimate of drug-likeness (QED) is 0.769. The fourth-order valence-electron chi connectivity index (χ4n) is 2.93. The lowest BCUT2D eigenvalue weighted by Gasteiger charge is -2.20. The lowest BCUT2D eigenvalue weighted by molar-refractivity contribution is -0.120. The maximum Gasteiger partial charge on any atom is 0.237 e. The van der Waals surface area contributed by atoms with Crippen LogP contribution >= 0.6 is 11.3 Å². The third kappa shape index (κ3) is 1.06. The molecular weight excluding hydrogens is 232 g/mol. The van der Waals surface area contributed by atoms with Gasteiger partial charge in [-0.2, -0.15) is 0 Å². The zero-order valence-corrected chi connectivity index (χ0v) is 9.88. The molecule has 2 aromatic heterocycles. The second-order valence-electron chi connectivity index (χ2n) is 4.66. The molecule has 0 fully saturated rings. The molecule has 0 saturated carbocycles. The lowest BCUT2D eigenvalue weighted by Crippen LogP contribution is -2.35. The van der Waals surface area contributed by atoms with Crippen molar-refractivity contribution in [3.63, 3.8) is 0 Å². The van der Waals surface area contributed by atoms with Crippen molar-refractivity contribution in [1.82, 2.24) is 4.98 Å². The monoisotopic (exact) mass is 242 g/mol. The predicted octanol–water partition coefficient (Wildman–Crippen LogP) is 2.13. The van der Waals surface area contributed by atoms with Crippen molar-refractivity contribution in [3.8, 4) is 0 Å². The molecule has 2 aromatic rings. The predicted molar refractivity (Wildman–Crippen MR) is 66.3 cm³/mol. The molecule has 1 aliphatic carbocycles. The summed E-state index contributed by atoms with van der Waals surface area (Å²) in [5.74, 6) is 0.849. The molecule has 2 aliphatic rings. The van der Waals surface area contributed by atoms with Crippen LogP contribution in [-0.2, 0) is 23.1 Å². The highest BCUT2D eigenvalue weighted by molar-refractivity contribution is 7.10. The van der Waals surface area contributed by atoms with Crippen LogP contribution in [0.1, 0.15) is 16.0 Å². The fraction of sp³-hybridized carbons (Fsp3) is 0.231. The number of hydrogen-bond acceptors (Lipinski definition) is 3. The third-order valence-corrected chi connectivity index (χ3v) is 4.75. The summed E-state index contributed by atoms with van der Waals surface area (Å²) in [7, 11) is 0. The number of anilines is 1. The highest BCUT2D eigenvalue weighted by Crippen LogP contribution is 2.47. The van der Waals surface area contributed by atoms with Gasteiger partial charge in [0.2, 0.25) is 5.91 Å². The van der Waals surface area contributed by atoms with Crippen molar-refractivity contribution in [2.45, 2.75) is 18.3 Å². The molecule has 84 valence electrons. The van der Waals surface area contributed by atoms with Crippen LogP contribution in [-0.4, -0.2) is 10.9 Å². The summed E-state index contributed by atoms with van der Waals surface area (Å²) in [6, 6.07) is 6.07. The van der Waals surface area contributed by atoms with E-state index in [9.17, 15) is 4.79 Å². The van der Waals surface area contributed by atoms with Crippen molar-refractivity contribution in [1.29, 1.82) is 0 Å². The number of pyridine rings is 1. The number of thiophene rings is 1. The van der Waals surface area contributed by atoms with E-state index in [-0.39, 0.29) is 11.3 Å². The van der Waals surface area contributed by atoms with E-state index in [2.05, 4.69) is 21.7 Å². The van der Waals surface area contributed by atoms with E-state index in [1.165, 1.54) is 10.4 Å². The van der Waals surface area contributed by atoms with Gasteiger partial charge in [-0.1, -0.05) is 6.07 Å². The number of carbonyl (C=O) groups is 1. The molecule has 0 unspecified atom stereocenters. The van der Waals surface area contributed by atoms with Gasteiger partial charge in [-0.15, -0.1) is 11.3 Å². The maximum absolute atomic E-state index is 12.3. The van der Waals surface area contributed by atoms with Crippen molar-refractivity contribution in [2.75, 3.05) is 5.32 Å². The van der Waals surface area contributed by atoms with E-state index in [1.54, 1.807) is 17.5 Å². The van der Waals surface area contributed by atoms with E-state index < -0.39 is 0 Å². The molecular formula is C13H10N2OS. The molecule has 0 aromatic carbocycles. The summed E-state index contributed by atoms with van der Waals surface area (Å²) in [6.07, 6.45) is 3.36. The summed E-state index contributed by atoms with van der Waals surface area (Å²) in [5.41, 5.74) is 2.00. The topological polar surface area (TPSA) is 42.0 Å². The largest absolute Gasteiger partial charge is 0.310 e. The van der Waals surface area contributed by atoms with Gasteiger partial charge in [-0.3, -0.25) is 4.79 Å². The third-order valence-electron chi connectivity index (χ3n) is 3.78. The molecule has 1 spiro atoms. The Morgan fingerprint density at radius 2 is 2.29 bits per heavy atom. The highest BCUT2D eigenvalue weighted by atomic mass is 32.1.